The number of quaternary nitrogens is 1. The normalized spacial score (nSPS) is 11.4. The topological polar surface area (TPSA) is 29.1 Å². The van der Waals surface area contributed by atoms with Crippen LogP contribution in [0.5, 0.6) is 0 Å². The first kappa shape index (κ1) is 34.7. The lowest BCUT2D eigenvalue weighted by atomic mass is 10.0. The smallest absolute Gasteiger partial charge is 0.220 e. The maximum atomic E-state index is 11.8. The summed E-state index contributed by atoms with van der Waals surface area (Å²) in [7, 11) is 6.57. The summed E-state index contributed by atoms with van der Waals surface area (Å²) in [5, 5.41) is 3.05. The molecule has 5 heteroatoms. The number of hydrogen-bond acceptors (Lipinski definition) is 2. The Kier molecular flexibility index (Phi) is 28.3. The molecule has 0 aliphatic heterocycles. The van der Waals surface area contributed by atoms with E-state index in [0.29, 0.717) is 6.42 Å². The van der Waals surface area contributed by atoms with Crippen LogP contribution in [0.2, 0.25) is 0 Å². The van der Waals surface area contributed by atoms with E-state index in [2.05, 4.69) is 33.4 Å². The van der Waals surface area contributed by atoms with Crippen molar-refractivity contribution in [3.05, 3.63) is 0 Å². The van der Waals surface area contributed by atoms with Crippen molar-refractivity contribution in [2.24, 2.45) is 0 Å². The maximum Gasteiger partial charge on any atom is 0.220 e. The minimum atomic E-state index is 0. The highest BCUT2D eigenvalue weighted by Gasteiger charge is 2.06. The fraction of sp³-hybridized carbons (Fsp3) is 0.963. The van der Waals surface area contributed by atoms with Crippen molar-refractivity contribution < 1.29 is 33.3 Å². The van der Waals surface area contributed by atoms with Gasteiger partial charge in [0.1, 0.15) is 0 Å². The molecule has 0 aromatic rings. The maximum absolute atomic E-state index is 11.8. The molecule has 0 aromatic carbocycles. The molecule has 3 nitrogen and oxygen atoms in total. The molecule has 0 bridgehead atoms. The first-order valence-corrected chi connectivity index (χ1v) is 14.8. The Labute approximate surface area is 223 Å². The van der Waals surface area contributed by atoms with E-state index in [1.54, 1.807) is 0 Å². The van der Waals surface area contributed by atoms with Crippen molar-refractivity contribution in [2.45, 2.75) is 122 Å². The molecule has 0 unspecified atom stereocenters. The molecule has 0 aliphatic carbocycles. The van der Waals surface area contributed by atoms with E-state index >= 15 is 0 Å². The largest absolute Gasteiger partial charge is 1.00 e. The molecule has 194 valence electrons. The number of amides is 1. The van der Waals surface area contributed by atoms with Crippen molar-refractivity contribution in [3.63, 3.8) is 0 Å². The molecule has 0 saturated heterocycles. The van der Waals surface area contributed by atoms with Crippen LogP contribution < -0.4 is 29.3 Å². The first-order chi connectivity index (χ1) is 15.0. The lowest BCUT2D eigenvalue weighted by molar-refractivity contribution is -0.870. The zero-order valence-electron chi connectivity index (χ0n) is 22.2. The third-order valence-corrected chi connectivity index (χ3v) is 7.01. The SMILES string of the molecule is CCCCCCCCCCCCCCCCCCSCCC(=O)NCCC[N+](C)(C)C.[I-]. The monoisotopic (exact) mass is 584 g/mol. The number of unbranched alkanes of at least 4 members (excludes halogenated alkanes) is 15. The minimum Gasteiger partial charge on any atom is -1.00 e. The van der Waals surface area contributed by atoms with Gasteiger partial charge in [0, 0.05) is 25.1 Å². The quantitative estimate of drug-likeness (QED) is 0.102. The molecular formula is C27H57IN2OS. The molecule has 0 aromatic heterocycles. The van der Waals surface area contributed by atoms with E-state index in [1.807, 2.05) is 11.8 Å². The second kappa shape index (κ2) is 26.1. The van der Waals surface area contributed by atoms with E-state index in [9.17, 15) is 4.79 Å². The molecule has 0 radical (unpaired) electrons. The Hall–Kier alpha value is 0.510. The summed E-state index contributed by atoms with van der Waals surface area (Å²) >= 11 is 1.95. The lowest BCUT2D eigenvalue weighted by Gasteiger charge is -2.23. The van der Waals surface area contributed by atoms with Gasteiger partial charge in [-0.15, -0.1) is 0 Å². The molecule has 0 heterocycles. The molecule has 0 saturated carbocycles. The average Bonchev–Trinajstić information content (AvgIpc) is 2.72. The zero-order chi connectivity index (χ0) is 23.0. The molecular weight excluding hydrogens is 527 g/mol. The van der Waals surface area contributed by atoms with Gasteiger partial charge in [0.2, 0.25) is 5.91 Å². The Morgan fingerprint density at radius 3 is 1.53 bits per heavy atom. The fourth-order valence-electron chi connectivity index (χ4n) is 3.89. The minimum absolute atomic E-state index is 0. The van der Waals surface area contributed by atoms with E-state index in [0.717, 1.165) is 29.7 Å². The highest BCUT2D eigenvalue weighted by atomic mass is 127. The van der Waals surface area contributed by atoms with Gasteiger partial charge in [0.15, 0.2) is 0 Å². The van der Waals surface area contributed by atoms with Gasteiger partial charge in [-0.05, 0) is 12.2 Å². The van der Waals surface area contributed by atoms with Gasteiger partial charge >= 0.3 is 0 Å². The number of nitrogens with one attached hydrogen (secondary N) is 1. The molecule has 0 atom stereocenters. The van der Waals surface area contributed by atoms with Gasteiger partial charge in [-0.25, -0.2) is 0 Å². The van der Waals surface area contributed by atoms with Gasteiger partial charge in [0.05, 0.1) is 27.7 Å². The van der Waals surface area contributed by atoms with Crippen LogP contribution >= 0.6 is 11.8 Å². The second-order valence-corrected chi connectivity index (χ2v) is 11.6. The number of halogens is 1. The predicted molar refractivity (Wildman–Crippen MR) is 142 cm³/mol. The molecule has 0 spiro atoms. The molecule has 32 heavy (non-hydrogen) atoms. The van der Waals surface area contributed by atoms with E-state index in [4.69, 9.17) is 0 Å². The van der Waals surface area contributed by atoms with Crippen molar-refractivity contribution in [1.29, 1.82) is 0 Å². The summed E-state index contributed by atoms with van der Waals surface area (Å²) in [4.78, 5) is 11.8. The summed E-state index contributed by atoms with van der Waals surface area (Å²) in [6.45, 7) is 4.21. The van der Waals surface area contributed by atoms with Crippen LogP contribution in [0.3, 0.4) is 0 Å². The number of hydrogen-bond donors (Lipinski definition) is 1. The Balaban J connectivity index is 0. The molecule has 0 aliphatic rings. The molecule has 1 amide bonds. The van der Waals surface area contributed by atoms with Crippen molar-refractivity contribution in [1.82, 2.24) is 5.32 Å². The Morgan fingerprint density at radius 2 is 1.09 bits per heavy atom. The lowest BCUT2D eigenvalue weighted by Crippen LogP contribution is -3.00. The summed E-state index contributed by atoms with van der Waals surface area (Å²) in [5.41, 5.74) is 0. The first-order valence-electron chi connectivity index (χ1n) is 13.6. The second-order valence-electron chi connectivity index (χ2n) is 10.4. The highest BCUT2D eigenvalue weighted by molar-refractivity contribution is 7.99. The van der Waals surface area contributed by atoms with Crippen LogP contribution in [-0.4, -0.2) is 56.1 Å². The average molecular weight is 585 g/mol. The third-order valence-electron chi connectivity index (χ3n) is 5.94. The number of rotatable bonds is 24. The summed E-state index contributed by atoms with van der Waals surface area (Å²) in [5.74, 6) is 2.41. The van der Waals surface area contributed by atoms with Crippen LogP contribution in [0, 0.1) is 0 Å². The highest BCUT2D eigenvalue weighted by Crippen LogP contribution is 2.14. The van der Waals surface area contributed by atoms with Gasteiger partial charge in [-0.2, -0.15) is 11.8 Å². The van der Waals surface area contributed by atoms with Gasteiger partial charge in [-0.3, -0.25) is 4.79 Å². The van der Waals surface area contributed by atoms with Crippen molar-refractivity contribution in [2.75, 3.05) is 45.7 Å². The Bertz CT molecular complexity index is 388. The summed E-state index contributed by atoms with van der Waals surface area (Å²) < 4.78 is 0.963. The third kappa shape index (κ3) is 30.5. The number of nitrogens with zero attached hydrogens (tertiary/aromatic N) is 1. The molecule has 0 rings (SSSR count). The fourth-order valence-corrected chi connectivity index (χ4v) is 4.83. The van der Waals surface area contributed by atoms with Crippen molar-refractivity contribution >= 4 is 17.7 Å². The van der Waals surface area contributed by atoms with Crippen LogP contribution in [0.15, 0.2) is 0 Å². The zero-order valence-corrected chi connectivity index (χ0v) is 25.2. The van der Waals surface area contributed by atoms with E-state index in [-0.39, 0.29) is 29.9 Å². The van der Waals surface area contributed by atoms with Crippen LogP contribution in [0.4, 0.5) is 0 Å². The van der Waals surface area contributed by atoms with Gasteiger partial charge in [-0.1, -0.05) is 103 Å². The van der Waals surface area contributed by atoms with Crippen LogP contribution in [-0.2, 0) is 4.79 Å². The van der Waals surface area contributed by atoms with Gasteiger partial charge in [0.25, 0.3) is 0 Å². The Morgan fingerprint density at radius 1 is 0.656 bits per heavy atom. The summed E-state index contributed by atoms with van der Waals surface area (Å²) in [6, 6.07) is 0. The van der Waals surface area contributed by atoms with Crippen LogP contribution in [0.1, 0.15) is 122 Å². The van der Waals surface area contributed by atoms with Gasteiger partial charge < -0.3 is 33.8 Å². The summed E-state index contributed by atoms with van der Waals surface area (Å²) in [6.07, 6.45) is 24.5. The number of carbonyl (C=O) groups excluding carboxylic acids is 1. The number of thioether (sulfide) groups is 1. The molecule has 1 N–H and O–H groups in total. The standard InChI is InChI=1S/C27H56N2OS.HI/c1-5-6-7-8-9-10-11-12-13-14-15-16-17-18-19-20-25-31-26-22-27(30)28-23-21-24-29(2,3)4;/h5-26H2,1-4H3;1H. The predicted octanol–water partition coefficient (Wildman–Crippen LogP) is 4.59. The van der Waals surface area contributed by atoms with Crippen molar-refractivity contribution in [3.8, 4) is 0 Å². The van der Waals surface area contributed by atoms with E-state index < -0.39 is 0 Å². The molecule has 0 fully saturated rings. The van der Waals surface area contributed by atoms with Crippen LogP contribution in [0.25, 0.3) is 0 Å². The number of carbonyl (C=O) groups is 1. The van der Waals surface area contributed by atoms with E-state index in [1.165, 1.54) is 108 Å².